The molecule has 0 N–H and O–H groups in total. The number of nitrogens with zero attached hydrogens (tertiary/aromatic N) is 4. The van der Waals surface area contributed by atoms with Gasteiger partial charge in [0.1, 0.15) is 11.6 Å². The second kappa shape index (κ2) is 5.41. The van der Waals surface area contributed by atoms with E-state index in [2.05, 4.69) is 15.0 Å². The van der Waals surface area contributed by atoms with E-state index in [0.717, 1.165) is 16.9 Å². The quantitative estimate of drug-likeness (QED) is 0.694. The number of benzene rings is 1. The lowest BCUT2D eigenvalue weighted by Gasteiger charge is -2.10. The minimum absolute atomic E-state index is 0.279. The monoisotopic (exact) mass is 304 g/mol. The highest BCUT2D eigenvalue weighted by Crippen LogP contribution is 2.25. The molecule has 3 aromatic rings. The summed E-state index contributed by atoms with van der Waals surface area (Å²) in [6, 6.07) is 4.52. The van der Waals surface area contributed by atoms with Crippen LogP contribution in [-0.4, -0.2) is 19.5 Å². The maximum Gasteiger partial charge on any atom is 0.128 e. The van der Waals surface area contributed by atoms with Gasteiger partial charge in [0.05, 0.1) is 40.5 Å². The zero-order valence-corrected chi connectivity index (χ0v) is 12.5. The zero-order valence-electron chi connectivity index (χ0n) is 11.7. The van der Waals surface area contributed by atoms with Crippen LogP contribution in [0.1, 0.15) is 29.5 Å². The van der Waals surface area contributed by atoms with Gasteiger partial charge in [-0.05, 0) is 32.0 Å². The molecule has 0 aliphatic rings. The fourth-order valence-electron chi connectivity index (χ4n) is 2.25. The Morgan fingerprint density at radius 2 is 2.10 bits per heavy atom. The van der Waals surface area contributed by atoms with Crippen molar-refractivity contribution in [1.29, 1.82) is 0 Å². The van der Waals surface area contributed by atoms with Crippen molar-refractivity contribution in [1.82, 2.24) is 19.5 Å². The molecule has 0 saturated heterocycles. The van der Waals surface area contributed by atoms with Gasteiger partial charge in [0.2, 0.25) is 0 Å². The Hall–Kier alpha value is -2.01. The molecule has 108 valence electrons. The van der Waals surface area contributed by atoms with E-state index >= 15 is 0 Å². The third-order valence-corrected chi connectivity index (χ3v) is 3.45. The number of alkyl halides is 1. The van der Waals surface area contributed by atoms with Gasteiger partial charge in [-0.1, -0.05) is 0 Å². The standard InChI is InChI=1S/C15H14ClFN4/c1-9-6-19-12(7-18-9)8-21-14-5-11(17)3-4-13(14)20-15(21)10(2)16/h3-7,10H,8H2,1-2H3. The number of hydrogen-bond donors (Lipinski definition) is 0. The molecule has 3 rings (SSSR count). The molecule has 0 spiro atoms. The summed E-state index contributed by atoms with van der Waals surface area (Å²) in [7, 11) is 0. The van der Waals surface area contributed by atoms with Gasteiger partial charge in [0.15, 0.2) is 0 Å². The SMILES string of the molecule is Cc1cnc(Cn2c(C(C)Cl)nc3ccc(F)cc32)cn1. The second-order valence-electron chi connectivity index (χ2n) is 4.95. The average Bonchev–Trinajstić information content (AvgIpc) is 2.80. The summed E-state index contributed by atoms with van der Waals surface area (Å²) in [6.45, 7) is 4.18. The molecule has 0 fully saturated rings. The van der Waals surface area contributed by atoms with Crippen molar-refractivity contribution in [3.63, 3.8) is 0 Å². The predicted molar refractivity (Wildman–Crippen MR) is 79.8 cm³/mol. The normalized spacial score (nSPS) is 12.8. The molecule has 0 aliphatic heterocycles. The van der Waals surface area contributed by atoms with Gasteiger partial charge in [0.25, 0.3) is 0 Å². The molecule has 2 heterocycles. The summed E-state index contributed by atoms with van der Waals surface area (Å²) in [4.78, 5) is 13.0. The van der Waals surface area contributed by atoms with Crippen molar-refractivity contribution in [2.24, 2.45) is 0 Å². The Bertz CT molecular complexity index is 780. The molecule has 2 aromatic heterocycles. The minimum Gasteiger partial charge on any atom is -0.321 e. The van der Waals surface area contributed by atoms with Crippen molar-refractivity contribution >= 4 is 22.6 Å². The summed E-state index contributed by atoms with van der Waals surface area (Å²) in [5.41, 5.74) is 3.06. The Morgan fingerprint density at radius 1 is 1.29 bits per heavy atom. The van der Waals surface area contributed by atoms with Crippen LogP contribution in [0.4, 0.5) is 4.39 Å². The first kappa shape index (κ1) is 13.9. The van der Waals surface area contributed by atoms with Crippen LogP contribution in [0.5, 0.6) is 0 Å². The second-order valence-corrected chi connectivity index (χ2v) is 5.61. The predicted octanol–water partition coefficient (Wildman–Crippen LogP) is 3.62. The Kier molecular flexibility index (Phi) is 3.59. The van der Waals surface area contributed by atoms with Gasteiger partial charge in [-0.2, -0.15) is 0 Å². The van der Waals surface area contributed by atoms with Gasteiger partial charge in [-0.15, -0.1) is 11.6 Å². The Morgan fingerprint density at radius 3 is 2.76 bits per heavy atom. The lowest BCUT2D eigenvalue weighted by Crippen LogP contribution is -2.07. The van der Waals surface area contributed by atoms with Gasteiger partial charge < -0.3 is 4.57 Å². The van der Waals surface area contributed by atoms with Gasteiger partial charge in [-0.3, -0.25) is 9.97 Å². The van der Waals surface area contributed by atoms with Crippen LogP contribution in [0.15, 0.2) is 30.6 Å². The molecule has 1 aromatic carbocycles. The van der Waals surface area contributed by atoms with E-state index in [1.54, 1.807) is 18.5 Å². The number of halogens is 2. The van der Waals surface area contributed by atoms with E-state index < -0.39 is 0 Å². The first-order valence-electron chi connectivity index (χ1n) is 6.62. The van der Waals surface area contributed by atoms with Crippen molar-refractivity contribution in [2.45, 2.75) is 25.8 Å². The first-order chi connectivity index (χ1) is 10.0. The fraction of sp³-hybridized carbons (Fsp3) is 0.267. The molecule has 4 nitrogen and oxygen atoms in total. The smallest absolute Gasteiger partial charge is 0.128 e. The molecule has 1 unspecified atom stereocenters. The molecular formula is C15H14ClFN4. The van der Waals surface area contributed by atoms with E-state index in [1.165, 1.54) is 12.1 Å². The summed E-state index contributed by atoms with van der Waals surface area (Å²) in [6.07, 6.45) is 3.42. The van der Waals surface area contributed by atoms with Crippen LogP contribution in [0.3, 0.4) is 0 Å². The lowest BCUT2D eigenvalue weighted by atomic mass is 10.3. The minimum atomic E-state index is -0.299. The van der Waals surface area contributed by atoms with E-state index in [1.807, 2.05) is 18.4 Å². The van der Waals surface area contributed by atoms with Gasteiger partial charge in [0, 0.05) is 6.20 Å². The Labute approximate surface area is 126 Å². The van der Waals surface area contributed by atoms with Crippen molar-refractivity contribution in [2.75, 3.05) is 0 Å². The summed E-state index contributed by atoms with van der Waals surface area (Å²) in [5.74, 6) is 0.395. The molecule has 0 radical (unpaired) electrons. The van der Waals surface area contributed by atoms with E-state index in [0.29, 0.717) is 17.9 Å². The average molecular weight is 305 g/mol. The molecule has 0 aliphatic carbocycles. The highest BCUT2D eigenvalue weighted by Gasteiger charge is 2.16. The van der Waals surface area contributed by atoms with Crippen LogP contribution in [0.2, 0.25) is 0 Å². The summed E-state index contributed by atoms with van der Waals surface area (Å²) < 4.78 is 15.4. The third kappa shape index (κ3) is 2.74. The van der Waals surface area contributed by atoms with Crippen LogP contribution in [-0.2, 0) is 6.54 Å². The highest BCUT2D eigenvalue weighted by molar-refractivity contribution is 6.20. The van der Waals surface area contributed by atoms with Crippen molar-refractivity contribution in [3.05, 3.63) is 53.6 Å². The number of aromatic nitrogens is 4. The number of hydrogen-bond acceptors (Lipinski definition) is 3. The molecule has 0 saturated carbocycles. The van der Waals surface area contributed by atoms with Crippen molar-refractivity contribution < 1.29 is 4.39 Å². The van der Waals surface area contributed by atoms with Crippen LogP contribution < -0.4 is 0 Å². The molecule has 0 bridgehead atoms. The maximum atomic E-state index is 13.5. The van der Waals surface area contributed by atoms with E-state index in [4.69, 9.17) is 11.6 Å². The van der Waals surface area contributed by atoms with Crippen LogP contribution >= 0.6 is 11.6 Å². The van der Waals surface area contributed by atoms with Crippen LogP contribution in [0.25, 0.3) is 11.0 Å². The first-order valence-corrected chi connectivity index (χ1v) is 7.05. The van der Waals surface area contributed by atoms with E-state index in [-0.39, 0.29) is 11.2 Å². The number of aryl methyl sites for hydroxylation is 1. The summed E-state index contributed by atoms with van der Waals surface area (Å²) >= 11 is 6.20. The fourth-order valence-corrected chi connectivity index (χ4v) is 2.41. The molecule has 6 heteroatoms. The number of rotatable bonds is 3. The highest BCUT2D eigenvalue weighted by atomic mass is 35.5. The summed E-state index contributed by atoms with van der Waals surface area (Å²) in [5, 5.41) is -0.279. The molecule has 21 heavy (non-hydrogen) atoms. The van der Waals surface area contributed by atoms with Crippen LogP contribution in [0, 0.1) is 12.7 Å². The largest absolute Gasteiger partial charge is 0.321 e. The molecule has 0 amide bonds. The van der Waals surface area contributed by atoms with Crippen molar-refractivity contribution in [3.8, 4) is 0 Å². The van der Waals surface area contributed by atoms with Gasteiger partial charge >= 0.3 is 0 Å². The molecular weight excluding hydrogens is 291 g/mol. The maximum absolute atomic E-state index is 13.5. The lowest BCUT2D eigenvalue weighted by molar-refractivity contribution is 0.627. The molecule has 1 atom stereocenters. The number of fused-ring (bicyclic) bond motifs is 1. The van der Waals surface area contributed by atoms with E-state index in [9.17, 15) is 4.39 Å². The van der Waals surface area contributed by atoms with Gasteiger partial charge in [-0.25, -0.2) is 9.37 Å². The topological polar surface area (TPSA) is 43.6 Å². The Balaban J connectivity index is 2.12. The number of imidazole rings is 1. The third-order valence-electron chi connectivity index (χ3n) is 3.25. The zero-order chi connectivity index (χ0) is 15.0.